The van der Waals surface area contributed by atoms with E-state index in [0.717, 1.165) is 10.8 Å². The van der Waals surface area contributed by atoms with Crippen molar-refractivity contribution < 1.29 is 14.8 Å². The average Bonchev–Trinajstić information content (AvgIpc) is 2.62. The molecule has 0 aliphatic rings. The number of amides is 1. The number of hydrazone groups is 1. The highest BCUT2D eigenvalue weighted by molar-refractivity contribution is 9.10. The molecule has 0 unspecified atom stereocenters. The summed E-state index contributed by atoms with van der Waals surface area (Å²) < 4.78 is 0.352. The van der Waals surface area contributed by atoms with Gasteiger partial charge in [-0.3, -0.25) is 14.9 Å². The second-order valence-electron chi connectivity index (χ2n) is 5.38. The fourth-order valence-corrected chi connectivity index (χ4v) is 2.78. The molecule has 2 N–H and O–H groups in total. The van der Waals surface area contributed by atoms with Crippen molar-refractivity contribution in [3.8, 4) is 5.75 Å². The van der Waals surface area contributed by atoms with Crippen LogP contribution >= 0.6 is 15.9 Å². The Balaban J connectivity index is 1.79. The lowest BCUT2D eigenvalue weighted by molar-refractivity contribution is -0.385. The van der Waals surface area contributed by atoms with Crippen LogP contribution in [0, 0.1) is 10.1 Å². The molecule has 0 aliphatic carbocycles. The van der Waals surface area contributed by atoms with E-state index in [1.807, 2.05) is 24.3 Å². The summed E-state index contributed by atoms with van der Waals surface area (Å²) in [5.41, 5.74) is 2.73. The summed E-state index contributed by atoms with van der Waals surface area (Å²) in [5.74, 6) is -0.744. The third-order valence-corrected chi connectivity index (χ3v) is 4.33. The number of rotatable bonds is 4. The number of hydrogen-bond acceptors (Lipinski definition) is 5. The van der Waals surface area contributed by atoms with Gasteiger partial charge in [-0.05, 0) is 44.9 Å². The number of benzene rings is 3. The van der Waals surface area contributed by atoms with Crippen LogP contribution < -0.4 is 5.43 Å². The van der Waals surface area contributed by atoms with Gasteiger partial charge >= 0.3 is 0 Å². The summed E-state index contributed by atoms with van der Waals surface area (Å²) in [6.45, 7) is 0. The summed E-state index contributed by atoms with van der Waals surface area (Å²) >= 11 is 3.10. The Morgan fingerprint density at radius 1 is 1.15 bits per heavy atom. The number of hydrogen-bond donors (Lipinski definition) is 2. The van der Waals surface area contributed by atoms with Gasteiger partial charge in [-0.25, -0.2) is 5.43 Å². The van der Waals surface area contributed by atoms with E-state index in [0.29, 0.717) is 10.0 Å². The van der Waals surface area contributed by atoms with Crippen LogP contribution in [-0.2, 0) is 0 Å². The Morgan fingerprint density at radius 2 is 1.85 bits per heavy atom. The molecule has 0 fully saturated rings. The lowest BCUT2D eigenvalue weighted by Crippen LogP contribution is -2.17. The van der Waals surface area contributed by atoms with Gasteiger partial charge < -0.3 is 5.11 Å². The average molecular weight is 414 g/mol. The molecule has 8 heteroatoms. The number of nitrogens with zero attached hydrogens (tertiary/aromatic N) is 2. The number of phenols is 1. The van der Waals surface area contributed by atoms with E-state index in [1.165, 1.54) is 24.4 Å². The summed E-state index contributed by atoms with van der Waals surface area (Å²) in [7, 11) is 0. The monoisotopic (exact) mass is 413 g/mol. The number of nitrogens with one attached hydrogen (secondary N) is 1. The number of phenolic OH excluding ortho intramolecular Hbond substituents is 1. The lowest BCUT2D eigenvalue weighted by atomic mass is 10.1. The van der Waals surface area contributed by atoms with E-state index in [2.05, 4.69) is 26.5 Å². The molecule has 0 heterocycles. The van der Waals surface area contributed by atoms with Crippen molar-refractivity contribution in [3.63, 3.8) is 0 Å². The largest absolute Gasteiger partial charge is 0.507 e. The van der Waals surface area contributed by atoms with Gasteiger partial charge in [0.25, 0.3) is 11.6 Å². The molecule has 0 aliphatic heterocycles. The minimum atomic E-state index is -0.587. The maximum Gasteiger partial charge on any atom is 0.284 e. The smallest absolute Gasteiger partial charge is 0.284 e. The molecule has 1 amide bonds. The Bertz CT molecular complexity index is 1050. The number of aromatic hydroxyl groups is 1. The number of halogens is 1. The molecule has 7 nitrogen and oxygen atoms in total. The third kappa shape index (κ3) is 3.70. The molecule has 3 aromatic carbocycles. The van der Waals surface area contributed by atoms with Gasteiger partial charge in [-0.1, -0.05) is 30.3 Å². The number of fused-ring (bicyclic) bond motifs is 1. The Kier molecular flexibility index (Phi) is 4.94. The topological polar surface area (TPSA) is 105 Å². The molecular formula is C18H12BrN3O4. The molecule has 26 heavy (non-hydrogen) atoms. The van der Waals surface area contributed by atoms with Gasteiger partial charge in [0.1, 0.15) is 5.75 Å². The Labute approximate surface area is 156 Å². The van der Waals surface area contributed by atoms with Crippen molar-refractivity contribution in [2.24, 2.45) is 5.10 Å². The van der Waals surface area contributed by atoms with Gasteiger partial charge in [-0.2, -0.15) is 5.10 Å². The summed E-state index contributed by atoms with van der Waals surface area (Å²) in [5, 5.41) is 26.4. The fraction of sp³-hybridized carbons (Fsp3) is 0. The molecule has 0 bridgehead atoms. The van der Waals surface area contributed by atoms with Crippen LogP contribution in [0.2, 0.25) is 0 Å². The van der Waals surface area contributed by atoms with E-state index in [4.69, 9.17) is 0 Å². The normalized spacial score (nSPS) is 11.0. The molecule has 3 aromatic rings. The standard InChI is InChI=1S/C18H12BrN3O4/c19-15-6-5-11(7-16(15)22(25)26)10-20-21-18(24)14-8-12-3-1-2-4-13(12)9-17(14)23/h1-10,23H,(H,21,24)/b20-10+. The molecule has 0 saturated heterocycles. The van der Waals surface area contributed by atoms with Crippen LogP contribution in [0.15, 0.2) is 64.2 Å². The second-order valence-corrected chi connectivity index (χ2v) is 6.24. The van der Waals surface area contributed by atoms with Crippen LogP contribution in [0.4, 0.5) is 5.69 Å². The number of carbonyl (C=O) groups is 1. The first-order chi connectivity index (χ1) is 12.5. The number of nitro groups is 1. The maximum absolute atomic E-state index is 12.2. The first-order valence-electron chi connectivity index (χ1n) is 7.45. The zero-order valence-corrected chi connectivity index (χ0v) is 14.8. The maximum atomic E-state index is 12.2. The van der Waals surface area contributed by atoms with Gasteiger partial charge in [0.2, 0.25) is 0 Å². The summed E-state index contributed by atoms with van der Waals surface area (Å²) in [6, 6.07) is 14.9. The molecule has 0 aromatic heterocycles. The first kappa shape index (κ1) is 17.6. The van der Waals surface area contributed by atoms with Crippen LogP contribution in [0.1, 0.15) is 15.9 Å². The summed E-state index contributed by atoms with van der Waals surface area (Å²) in [6.07, 6.45) is 1.29. The molecule has 3 rings (SSSR count). The van der Waals surface area contributed by atoms with E-state index in [-0.39, 0.29) is 17.0 Å². The van der Waals surface area contributed by atoms with Crippen molar-refractivity contribution in [2.45, 2.75) is 0 Å². The van der Waals surface area contributed by atoms with Crippen molar-refractivity contribution in [3.05, 3.63) is 80.3 Å². The zero-order chi connectivity index (χ0) is 18.7. The van der Waals surface area contributed by atoms with E-state index in [9.17, 15) is 20.0 Å². The Morgan fingerprint density at radius 3 is 2.54 bits per heavy atom. The van der Waals surface area contributed by atoms with Gasteiger partial charge in [0.15, 0.2) is 0 Å². The minimum Gasteiger partial charge on any atom is -0.507 e. The highest BCUT2D eigenvalue weighted by Crippen LogP contribution is 2.26. The Hall–Kier alpha value is -3.26. The molecule has 0 radical (unpaired) electrons. The molecule has 130 valence electrons. The highest BCUT2D eigenvalue weighted by Gasteiger charge is 2.13. The van der Waals surface area contributed by atoms with Gasteiger partial charge in [0, 0.05) is 11.6 Å². The molecule has 0 saturated carbocycles. The fourth-order valence-electron chi connectivity index (χ4n) is 2.39. The quantitative estimate of drug-likeness (QED) is 0.383. The zero-order valence-electron chi connectivity index (χ0n) is 13.2. The van der Waals surface area contributed by atoms with Gasteiger partial charge in [0.05, 0.1) is 21.2 Å². The van der Waals surface area contributed by atoms with E-state index in [1.54, 1.807) is 12.1 Å². The second kappa shape index (κ2) is 7.32. The molecule has 0 spiro atoms. The molecular weight excluding hydrogens is 402 g/mol. The highest BCUT2D eigenvalue weighted by atomic mass is 79.9. The van der Waals surface area contributed by atoms with Crippen LogP contribution in [0.5, 0.6) is 5.75 Å². The predicted octanol–water partition coefficient (Wildman–Crippen LogP) is 3.98. The van der Waals surface area contributed by atoms with Crippen LogP contribution in [0.25, 0.3) is 10.8 Å². The van der Waals surface area contributed by atoms with Crippen molar-refractivity contribution >= 4 is 44.5 Å². The van der Waals surface area contributed by atoms with Gasteiger partial charge in [-0.15, -0.1) is 0 Å². The number of nitro benzene ring substituents is 1. The summed E-state index contributed by atoms with van der Waals surface area (Å²) in [4.78, 5) is 22.6. The SMILES string of the molecule is O=C(N/N=C/c1ccc(Br)c([N+](=O)[O-])c1)c1cc2ccccc2cc1O. The van der Waals surface area contributed by atoms with E-state index >= 15 is 0 Å². The third-order valence-electron chi connectivity index (χ3n) is 3.66. The van der Waals surface area contributed by atoms with E-state index < -0.39 is 10.8 Å². The van der Waals surface area contributed by atoms with Crippen LogP contribution in [-0.4, -0.2) is 22.2 Å². The first-order valence-corrected chi connectivity index (χ1v) is 8.24. The number of carbonyl (C=O) groups excluding carboxylic acids is 1. The molecule has 0 atom stereocenters. The predicted molar refractivity (Wildman–Crippen MR) is 101 cm³/mol. The lowest BCUT2D eigenvalue weighted by Gasteiger charge is -2.05. The van der Waals surface area contributed by atoms with Crippen molar-refractivity contribution in [1.82, 2.24) is 5.43 Å². The van der Waals surface area contributed by atoms with Crippen LogP contribution in [0.3, 0.4) is 0 Å². The minimum absolute atomic E-state index is 0.0858. The van der Waals surface area contributed by atoms with Crippen molar-refractivity contribution in [1.29, 1.82) is 0 Å². The van der Waals surface area contributed by atoms with Crippen molar-refractivity contribution in [2.75, 3.05) is 0 Å².